The second-order valence-electron chi connectivity index (χ2n) is 10.7. The number of allylic oxidation sites excluding steroid dienone is 2. The molecule has 1 fully saturated rings. The van der Waals surface area contributed by atoms with Gasteiger partial charge in [0.2, 0.25) is 0 Å². The highest BCUT2D eigenvalue weighted by Crippen LogP contribution is 2.17. The van der Waals surface area contributed by atoms with E-state index in [1.807, 2.05) is 0 Å². The molecule has 0 unspecified atom stereocenters. The Kier molecular flexibility index (Phi) is 22.6. The van der Waals surface area contributed by atoms with Crippen LogP contribution in [0.15, 0.2) is 12.2 Å². The maximum Gasteiger partial charge on any atom is 0.0975 e. The summed E-state index contributed by atoms with van der Waals surface area (Å²) in [6, 6.07) is 0. The van der Waals surface area contributed by atoms with Crippen molar-refractivity contribution in [1.82, 2.24) is 4.90 Å². The minimum absolute atomic E-state index is 0.271. The van der Waals surface area contributed by atoms with Crippen LogP contribution in [-0.4, -0.2) is 50.5 Å². The van der Waals surface area contributed by atoms with Crippen LogP contribution in [0.4, 0.5) is 0 Å². The van der Waals surface area contributed by atoms with E-state index < -0.39 is 0 Å². The summed E-state index contributed by atoms with van der Waals surface area (Å²) in [7, 11) is 2.19. The quantitative estimate of drug-likeness (QED) is 0.0962. The summed E-state index contributed by atoms with van der Waals surface area (Å²) in [6.45, 7) is 8.41. The first kappa shape index (κ1) is 31.6. The van der Waals surface area contributed by atoms with Gasteiger partial charge in [-0.2, -0.15) is 0 Å². The Balaban J connectivity index is 1.89. The van der Waals surface area contributed by atoms with Crippen molar-refractivity contribution in [1.29, 1.82) is 0 Å². The van der Waals surface area contributed by atoms with Gasteiger partial charge < -0.3 is 14.4 Å². The second kappa shape index (κ2) is 24.3. The second-order valence-corrected chi connectivity index (χ2v) is 10.7. The largest absolute Gasteiger partial charge is 0.374 e. The summed E-state index contributed by atoms with van der Waals surface area (Å²) in [5, 5.41) is 0. The molecule has 1 aliphatic heterocycles. The van der Waals surface area contributed by atoms with Gasteiger partial charge >= 0.3 is 0 Å². The van der Waals surface area contributed by atoms with E-state index in [0.717, 1.165) is 26.3 Å². The van der Waals surface area contributed by atoms with E-state index in [-0.39, 0.29) is 12.2 Å². The van der Waals surface area contributed by atoms with Crippen LogP contribution in [0.1, 0.15) is 142 Å². The van der Waals surface area contributed by atoms with Crippen molar-refractivity contribution in [3.63, 3.8) is 0 Å². The predicted molar refractivity (Wildman–Crippen MR) is 150 cm³/mol. The molecule has 1 saturated heterocycles. The van der Waals surface area contributed by atoms with Crippen molar-refractivity contribution in [3.8, 4) is 0 Å². The highest BCUT2D eigenvalue weighted by molar-refractivity contribution is 4.84. The lowest BCUT2D eigenvalue weighted by Gasteiger charge is -2.20. The lowest BCUT2D eigenvalue weighted by Crippen LogP contribution is -2.30. The molecule has 1 aliphatic rings. The predicted octanol–water partition coefficient (Wildman–Crippen LogP) is 9.10. The summed E-state index contributed by atoms with van der Waals surface area (Å²) in [6.07, 6.45) is 32.3. The summed E-state index contributed by atoms with van der Waals surface area (Å²) < 4.78 is 12.4. The number of hydrogen-bond acceptors (Lipinski definition) is 3. The van der Waals surface area contributed by atoms with Crippen molar-refractivity contribution in [2.75, 3.05) is 33.4 Å². The van der Waals surface area contributed by atoms with E-state index in [2.05, 4.69) is 37.9 Å². The van der Waals surface area contributed by atoms with E-state index >= 15 is 0 Å². The van der Waals surface area contributed by atoms with Crippen LogP contribution in [0.2, 0.25) is 0 Å². The first-order chi connectivity index (χ1) is 16.8. The van der Waals surface area contributed by atoms with Gasteiger partial charge in [-0.1, -0.05) is 116 Å². The van der Waals surface area contributed by atoms with E-state index in [4.69, 9.17) is 9.47 Å². The van der Waals surface area contributed by atoms with E-state index in [1.54, 1.807) is 0 Å². The SMILES string of the molecule is CCCCCCCC/C=C\CCCCCCCCO[C@H]1CN(C)C[C@@H]1OCCCCCCCC. The molecule has 0 aromatic carbocycles. The summed E-state index contributed by atoms with van der Waals surface area (Å²) in [4.78, 5) is 2.36. The van der Waals surface area contributed by atoms with Crippen LogP contribution in [0.5, 0.6) is 0 Å². The van der Waals surface area contributed by atoms with Crippen molar-refractivity contribution in [2.45, 2.75) is 154 Å². The number of likely N-dealkylation sites (N-methyl/N-ethyl adjacent to an activating group) is 1. The zero-order valence-corrected chi connectivity index (χ0v) is 23.5. The lowest BCUT2D eigenvalue weighted by molar-refractivity contribution is -0.0481. The van der Waals surface area contributed by atoms with Gasteiger partial charge in [0, 0.05) is 26.3 Å². The average molecular weight is 480 g/mol. The molecule has 0 N–H and O–H groups in total. The zero-order chi connectivity index (χ0) is 24.5. The monoisotopic (exact) mass is 479 g/mol. The highest BCUT2D eigenvalue weighted by atomic mass is 16.5. The Morgan fingerprint density at radius 2 is 0.882 bits per heavy atom. The maximum atomic E-state index is 6.24. The fourth-order valence-corrected chi connectivity index (χ4v) is 4.95. The zero-order valence-electron chi connectivity index (χ0n) is 23.5. The Hall–Kier alpha value is -0.380. The molecule has 0 bridgehead atoms. The van der Waals surface area contributed by atoms with Gasteiger partial charge in [-0.05, 0) is 45.6 Å². The molecule has 3 nitrogen and oxygen atoms in total. The first-order valence-corrected chi connectivity index (χ1v) is 15.3. The van der Waals surface area contributed by atoms with E-state index in [9.17, 15) is 0 Å². The lowest BCUT2D eigenvalue weighted by atomic mass is 10.1. The molecule has 2 atom stereocenters. The standard InChI is InChI=1S/C31H61NO2/c1-4-6-8-10-12-13-14-15-16-17-18-19-20-21-23-25-27-34-31-29-32(3)28-30(31)33-26-24-22-11-9-7-5-2/h15-16,30-31H,4-14,17-29H2,1-3H3/b16-15-/t30-,31-/m0/s1. The third-order valence-corrected chi connectivity index (χ3v) is 7.22. The minimum Gasteiger partial charge on any atom is -0.374 e. The smallest absolute Gasteiger partial charge is 0.0975 e. The molecule has 0 spiro atoms. The molecule has 34 heavy (non-hydrogen) atoms. The minimum atomic E-state index is 0.271. The fraction of sp³-hybridized carbons (Fsp3) is 0.935. The molecule has 0 aliphatic carbocycles. The Labute approximate surface area is 214 Å². The normalized spacial score (nSPS) is 19.0. The van der Waals surface area contributed by atoms with Gasteiger partial charge in [-0.15, -0.1) is 0 Å². The fourth-order valence-electron chi connectivity index (χ4n) is 4.95. The molecule has 0 aromatic rings. The highest BCUT2D eigenvalue weighted by Gasteiger charge is 2.32. The first-order valence-electron chi connectivity index (χ1n) is 15.3. The van der Waals surface area contributed by atoms with Crippen molar-refractivity contribution in [3.05, 3.63) is 12.2 Å². The number of hydrogen-bond donors (Lipinski definition) is 0. The molecule has 0 radical (unpaired) electrons. The Morgan fingerprint density at radius 1 is 0.529 bits per heavy atom. The third-order valence-electron chi connectivity index (χ3n) is 7.22. The molecule has 0 aromatic heterocycles. The van der Waals surface area contributed by atoms with E-state index in [1.165, 1.54) is 128 Å². The molecule has 1 heterocycles. The number of unbranched alkanes of at least 4 members (excludes halogenated alkanes) is 17. The summed E-state index contributed by atoms with van der Waals surface area (Å²) >= 11 is 0. The molecule has 3 heteroatoms. The Bertz CT molecular complexity index is 439. The number of nitrogens with zero attached hydrogens (tertiary/aromatic N) is 1. The molecular weight excluding hydrogens is 418 g/mol. The molecule has 1 rings (SSSR count). The van der Waals surface area contributed by atoms with Gasteiger partial charge in [0.15, 0.2) is 0 Å². The third kappa shape index (κ3) is 18.9. The van der Waals surface area contributed by atoms with Gasteiger partial charge in [0.25, 0.3) is 0 Å². The summed E-state index contributed by atoms with van der Waals surface area (Å²) in [5.74, 6) is 0. The number of ether oxygens (including phenoxy) is 2. The van der Waals surface area contributed by atoms with Crippen LogP contribution >= 0.6 is 0 Å². The molecular formula is C31H61NO2. The van der Waals surface area contributed by atoms with Crippen LogP contribution < -0.4 is 0 Å². The van der Waals surface area contributed by atoms with Crippen molar-refractivity contribution >= 4 is 0 Å². The van der Waals surface area contributed by atoms with Crippen LogP contribution in [-0.2, 0) is 9.47 Å². The van der Waals surface area contributed by atoms with Crippen LogP contribution in [0.3, 0.4) is 0 Å². The molecule has 0 saturated carbocycles. The van der Waals surface area contributed by atoms with Crippen molar-refractivity contribution < 1.29 is 9.47 Å². The van der Waals surface area contributed by atoms with Gasteiger partial charge in [-0.3, -0.25) is 0 Å². The van der Waals surface area contributed by atoms with Gasteiger partial charge in [0.1, 0.15) is 0 Å². The van der Waals surface area contributed by atoms with Gasteiger partial charge in [-0.25, -0.2) is 0 Å². The maximum absolute atomic E-state index is 6.24. The van der Waals surface area contributed by atoms with Crippen LogP contribution in [0, 0.1) is 0 Å². The topological polar surface area (TPSA) is 21.7 Å². The summed E-state index contributed by atoms with van der Waals surface area (Å²) in [5.41, 5.74) is 0. The molecule has 0 amide bonds. The number of rotatable bonds is 25. The molecule has 202 valence electrons. The Morgan fingerprint density at radius 3 is 1.29 bits per heavy atom. The van der Waals surface area contributed by atoms with Crippen molar-refractivity contribution in [2.24, 2.45) is 0 Å². The van der Waals surface area contributed by atoms with E-state index in [0.29, 0.717) is 0 Å². The van der Waals surface area contributed by atoms with Crippen LogP contribution in [0.25, 0.3) is 0 Å². The average Bonchev–Trinajstić information content (AvgIpc) is 3.19. The number of likely N-dealkylation sites (tertiary alicyclic amines) is 1. The van der Waals surface area contributed by atoms with Gasteiger partial charge in [0.05, 0.1) is 12.2 Å².